The van der Waals surface area contributed by atoms with Crippen LogP contribution in [0.3, 0.4) is 0 Å². The Hall–Kier alpha value is -1.99. The van der Waals surface area contributed by atoms with Crippen molar-refractivity contribution in [1.29, 1.82) is 0 Å². The van der Waals surface area contributed by atoms with E-state index in [0.717, 1.165) is 11.3 Å². The lowest BCUT2D eigenvalue weighted by atomic mass is 10.2. The van der Waals surface area contributed by atoms with Gasteiger partial charge >= 0.3 is 5.97 Å². The first-order valence-corrected chi connectivity index (χ1v) is 3.99. The fourth-order valence-corrected chi connectivity index (χ4v) is 0.872. The van der Waals surface area contributed by atoms with Crippen molar-refractivity contribution < 1.29 is 9.90 Å². The Kier molecular flexibility index (Phi) is 3.53. The number of nitrogens with two attached hydrogens (primary N) is 1. The quantitative estimate of drug-likeness (QED) is 0.366. The van der Waals surface area contributed by atoms with E-state index >= 15 is 0 Å². The van der Waals surface area contributed by atoms with Crippen LogP contribution in [0.15, 0.2) is 24.3 Å². The standard InChI is InChI=1S/C10H10N2O2/c11-12-9-6-4-8(5-7-9)2-1-3-10(13)14/h4-7,12H,3,11H2,(H,13,14). The molecule has 0 spiro atoms. The minimum Gasteiger partial charge on any atom is -0.481 e. The van der Waals surface area contributed by atoms with E-state index in [1.807, 2.05) is 0 Å². The van der Waals surface area contributed by atoms with Crippen LogP contribution in [0.25, 0.3) is 0 Å². The van der Waals surface area contributed by atoms with Crippen molar-refractivity contribution in [2.45, 2.75) is 6.42 Å². The highest BCUT2D eigenvalue weighted by molar-refractivity contribution is 5.70. The lowest BCUT2D eigenvalue weighted by molar-refractivity contribution is -0.135. The van der Waals surface area contributed by atoms with Crippen molar-refractivity contribution in [3.63, 3.8) is 0 Å². The zero-order chi connectivity index (χ0) is 10.4. The molecule has 0 saturated heterocycles. The molecule has 4 heteroatoms. The Bertz CT molecular complexity index is 373. The molecule has 0 fully saturated rings. The van der Waals surface area contributed by atoms with E-state index in [1.165, 1.54) is 0 Å². The molecule has 0 aromatic heterocycles. The number of benzene rings is 1. The summed E-state index contributed by atoms with van der Waals surface area (Å²) in [6.07, 6.45) is -0.142. The number of carboxylic acid groups (broad SMARTS) is 1. The van der Waals surface area contributed by atoms with Crippen LogP contribution >= 0.6 is 0 Å². The molecule has 1 aromatic rings. The van der Waals surface area contributed by atoms with Crippen LogP contribution in [0.2, 0.25) is 0 Å². The maximum atomic E-state index is 10.2. The molecule has 0 unspecified atom stereocenters. The van der Waals surface area contributed by atoms with Gasteiger partial charge in [0.25, 0.3) is 0 Å². The average molecular weight is 190 g/mol. The number of hydrogen-bond donors (Lipinski definition) is 3. The molecular formula is C10H10N2O2. The summed E-state index contributed by atoms with van der Waals surface area (Å²) in [7, 11) is 0. The van der Waals surface area contributed by atoms with Gasteiger partial charge < -0.3 is 10.5 Å². The summed E-state index contributed by atoms with van der Waals surface area (Å²) >= 11 is 0. The third kappa shape index (κ3) is 3.17. The molecule has 0 radical (unpaired) electrons. The Morgan fingerprint density at radius 3 is 2.57 bits per heavy atom. The SMILES string of the molecule is NNc1ccc(C#CCC(=O)O)cc1. The number of rotatable bonds is 2. The molecule has 72 valence electrons. The summed E-state index contributed by atoms with van der Waals surface area (Å²) in [4.78, 5) is 10.2. The maximum Gasteiger partial charge on any atom is 0.315 e. The number of carbonyl (C=O) groups is 1. The van der Waals surface area contributed by atoms with Crippen LogP contribution in [0.1, 0.15) is 12.0 Å². The number of aliphatic carboxylic acids is 1. The van der Waals surface area contributed by atoms with E-state index in [1.54, 1.807) is 24.3 Å². The summed E-state index contributed by atoms with van der Waals surface area (Å²) in [6.45, 7) is 0. The number of hydrazine groups is 1. The van der Waals surface area contributed by atoms with Crippen LogP contribution in [0.5, 0.6) is 0 Å². The van der Waals surface area contributed by atoms with Crippen molar-refractivity contribution in [3.05, 3.63) is 29.8 Å². The summed E-state index contributed by atoms with van der Waals surface area (Å²) in [5.74, 6) is 9.52. The van der Waals surface area contributed by atoms with Gasteiger partial charge in [-0.1, -0.05) is 11.8 Å². The van der Waals surface area contributed by atoms with Crippen LogP contribution < -0.4 is 11.3 Å². The van der Waals surface area contributed by atoms with E-state index in [4.69, 9.17) is 10.9 Å². The van der Waals surface area contributed by atoms with E-state index in [-0.39, 0.29) is 6.42 Å². The normalized spacial score (nSPS) is 8.64. The van der Waals surface area contributed by atoms with Gasteiger partial charge in [-0.25, -0.2) is 0 Å². The molecule has 0 bridgehead atoms. The molecule has 1 aromatic carbocycles. The van der Waals surface area contributed by atoms with Crippen molar-refractivity contribution in [2.24, 2.45) is 5.84 Å². The summed E-state index contributed by atoms with van der Waals surface area (Å²) < 4.78 is 0. The van der Waals surface area contributed by atoms with Crippen LogP contribution in [-0.2, 0) is 4.79 Å². The van der Waals surface area contributed by atoms with Gasteiger partial charge in [0.15, 0.2) is 0 Å². The highest BCUT2D eigenvalue weighted by atomic mass is 16.4. The minimum absolute atomic E-state index is 0.142. The average Bonchev–Trinajstić information content (AvgIpc) is 2.18. The first-order chi connectivity index (χ1) is 6.72. The Balaban J connectivity index is 2.66. The molecule has 4 nitrogen and oxygen atoms in total. The number of carboxylic acids is 1. The van der Waals surface area contributed by atoms with Gasteiger partial charge in [0.1, 0.15) is 6.42 Å². The fourth-order valence-electron chi connectivity index (χ4n) is 0.872. The molecular weight excluding hydrogens is 180 g/mol. The highest BCUT2D eigenvalue weighted by Gasteiger charge is 1.90. The molecule has 0 aliphatic rings. The largest absolute Gasteiger partial charge is 0.481 e. The first-order valence-electron chi connectivity index (χ1n) is 3.99. The molecule has 14 heavy (non-hydrogen) atoms. The summed E-state index contributed by atoms with van der Waals surface area (Å²) in [6, 6.07) is 7.07. The van der Waals surface area contributed by atoms with Crippen molar-refractivity contribution in [2.75, 3.05) is 5.43 Å². The van der Waals surface area contributed by atoms with Crippen LogP contribution in [-0.4, -0.2) is 11.1 Å². The summed E-state index contributed by atoms with van der Waals surface area (Å²) in [5, 5.41) is 8.34. The topological polar surface area (TPSA) is 75.3 Å². The van der Waals surface area contributed by atoms with Gasteiger partial charge in [0.05, 0.1) is 0 Å². The van der Waals surface area contributed by atoms with Gasteiger partial charge in [-0.15, -0.1) is 0 Å². The fraction of sp³-hybridized carbons (Fsp3) is 0.100. The lowest BCUT2D eigenvalue weighted by Gasteiger charge is -1.97. The monoisotopic (exact) mass is 190 g/mol. The second kappa shape index (κ2) is 4.90. The molecule has 0 amide bonds. The predicted molar refractivity (Wildman–Crippen MR) is 53.4 cm³/mol. The highest BCUT2D eigenvalue weighted by Crippen LogP contribution is 2.06. The number of nitrogen functional groups attached to an aromatic ring is 1. The second-order valence-electron chi connectivity index (χ2n) is 2.59. The third-order valence-electron chi connectivity index (χ3n) is 1.52. The molecule has 0 saturated carbocycles. The van der Waals surface area contributed by atoms with Gasteiger partial charge in [-0.3, -0.25) is 10.6 Å². The van der Waals surface area contributed by atoms with Crippen molar-refractivity contribution in [3.8, 4) is 11.8 Å². The smallest absolute Gasteiger partial charge is 0.315 e. The Labute approximate surface area is 81.7 Å². The zero-order valence-corrected chi connectivity index (χ0v) is 7.45. The zero-order valence-electron chi connectivity index (χ0n) is 7.45. The van der Waals surface area contributed by atoms with E-state index in [2.05, 4.69) is 17.3 Å². The van der Waals surface area contributed by atoms with Gasteiger partial charge in [0, 0.05) is 11.3 Å². The predicted octanol–water partition coefficient (Wildman–Crippen LogP) is 0.798. The summed E-state index contributed by atoms with van der Waals surface area (Å²) in [5.41, 5.74) is 4.04. The van der Waals surface area contributed by atoms with Crippen molar-refractivity contribution >= 4 is 11.7 Å². The van der Waals surface area contributed by atoms with Crippen LogP contribution in [0, 0.1) is 11.8 Å². The van der Waals surface area contributed by atoms with Gasteiger partial charge in [-0.05, 0) is 24.3 Å². The molecule has 4 N–H and O–H groups in total. The Morgan fingerprint density at radius 1 is 1.43 bits per heavy atom. The third-order valence-corrected chi connectivity index (χ3v) is 1.52. The molecule has 0 atom stereocenters. The van der Waals surface area contributed by atoms with Gasteiger partial charge in [0.2, 0.25) is 0 Å². The molecule has 1 rings (SSSR count). The van der Waals surface area contributed by atoms with E-state index in [0.29, 0.717) is 0 Å². The van der Waals surface area contributed by atoms with Crippen molar-refractivity contribution in [1.82, 2.24) is 0 Å². The number of hydrogen-bond acceptors (Lipinski definition) is 3. The van der Waals surface area contributed by atoms with E-state index < -0.39 is 5.97 Å². The second-order valence-corrected chi connectivity index (χ2v) is 2.59. The first kappa shape index (κ1) is 10.1. The Morgan fingerprint density at radius 2 is 2.07 bits per heavy atom. The van der Waals surface area contributed by atoms with Crippen LogP contribution in [0.4, 0.5) is 5.69 Å². The van der Waals surface area contributed by atoms with Gasteiger partial charge in [-0.2, -0.15) is 0 Å². The molecule has 0 aliphatic carbocycles. The van der Waals surface area contributed by atoms with E-state index in [9.17, 15) is 4.79 Å². The molecule has 0 heterocycles. The minimum atomic E-state index is -0.919. The number of anilines is 1. The lowest BCUT2D eigenvalue weighted by Crippen LogP contribution is -2.05. The maximum absolute atomic E-state index is 10.2. The molecule has 0 aliphatic heterocycles. The number of nitrogens with one attached hydrogen (secondary N) is 1.